The predicted octanol–water partition coefficient (Wildman–Crippen LogP) is 1.40. The van der Waals surface area contributed by atoms with E-state index in [1.807, 2.05) is 6.92 Å². The lowest BCUT2D eigenvalue weighted by atomic mass is 9.64. The molecule has 4 nitrogen and oxygen atoms in total. The van der Waals surface area contributed by atoms with Gasteiger partial charge in [0.1, 0.15) is 0 Å². The molecule has 0 aromatic carbocycles. The van der Waals surface area contributed by atoms with E-state index in [2.05, 4.69) is 29.0 Å². The zero-order chi connectivity index (χ0) is 12.9. The number of nitrogens with two attached hydrogens (primary N) is 1. The smallest absolute Gasteiger partial charge is 0.318 e. The number of nitrogens with one attached hydrogen (secondary N) is 1. The zero-order valence-corrected chi connectivity index (χ0v) is 10.7. The van der Waals surface area contributed by atoms with Crippen LogP contribution in [0.25, 0.3) is 0 Å². The van der Waals surface area contributed by atoms with Crippen molar-refractivity contribution in [2.75, 3.05) is 0 Å². The summed E-state index contributed by atoms with van der Waals surface area (Å²) >= 11 is 0. The second kappa shape index (κ2) is 3.65. The molecule has 0 fully saturated rings. The van der Waals surface area contributed by atoms with Crippen LogP contribution in [0.3, 0.4) is 0 Å². The summed E-state index contributed by atoms with van der Waals surface area (Å²) in [5, 5.41) is 0. The summed E-state index contributed by atoms with van der Waals surface area (Å²) in [5.74, 6) is 0.262. The molecule has 2 aliphatic carbocycles. The zero-order valence-electron chi connectivity index (χ0n) is 10.7. The number of aromatic nitrogens is 2. The number of rotatable bonds is 0. The molecule has 0 unspecified atom stereocenters. The van der Waals surface area contributed by atoms with Crippen LogP contribution in [0.5, 0.6) is 0 Å². The van der Waals surface area contributed by atoms with Gasteiger partial charge in [-0.3, -0.25) is 0 Å². The summed E-state index contributed by atoms with van der Waals surface area (Å²) in [4.78, 5) is 18.0. The maximum absolute atomic E-state index is 11.3. The molecule has 0 amide bonds. The highest BCUT2D eigenvalue weighted by Crippen LogP contribution is 2.46. The monoisotopic (exact) mass is 243 g/mol. The maximum atomic E-state index is 11.3. The molecule has 2 atom stereocenters. The SMILES string of the molecule is C/C=C1\[C@@H]2CC(C)=C[C@@]1(N)Cc1[nH]c(=O)ncc12. The van der Waals surface area contributed by atoms with Crippen molar-refractivity contribution in [3.05, 3.63) is 51.2 Å². The van der Waals surface area contributed by atoms with Gasteiger partial charge >= 0.3 is 5.69 Å². The lowest BCUT2D eigenvalue weighted by Crippen LogP contribution is -2.50. The number of aromatic amines is 1. The van der Waals surface area contributed by atoms with Crippen molar-refractivity contribution < 1.29 is 0 Å². The van der Waals surface area contributed by atoms with Crippen LogP contribution in [-0.4, -0.2) is 15.5 Å². The van der Waals surface area contributed by atoms with Crippen molar-refractivity contribution in [3.63, 3.8) is 0 Å². The van der Waals surface area contributed by atoms with Gasteiger partial charge in [-0.25, -0.2) is 9.78 Å². The van der Waals surface area contributed by atoms with Crippen LogP contribution in [0.4, 0.5) is 0 Å². The molecule has 1 aromatic rings. The summed E-state index contributed by atoms with van der Waals surface area (Å²) in [6.07, 6.45) is 7.57. The van der Waals surface area contributed by atoms with Gasteiger partial charge in [0.05, 0.1) is 5.54 Å². The fraction of sp³-hybridized carbons (Fsp3) is 0.429. The van der Waals surface area contributed by atoms with E-state index in [-0.39, 0.29) is 11.6 Å². The molecule has 3 rings (SSSR count). The molecule has 0 spiro atoms. The summed E-state index contributed by atoms with van der Waals surface area (Å²) in [6, 6.07) is 0. The minimum Gasteiger partial charge on any atom is -0.318 e. The van der Waals surface area contributed by atoms with E-state index in [1.54, 1.807) is 6.20 Å². The third-order valence-electron chi connectivity index (χ3n) is 4.03. The Morgan fingerprint density at radius 1 is 1.61 bits per heavy atom. The van der Waals surface area contributed by atoms with Crippen molar-refractivity contribution in [1.82, 2.24) is 9.97 Å². The van der Waals surface area contributed by atoms with E-state index >= 15 is 0 Å². The van der Waals surface area contributed by atoms with E-state index in [1.165, 1.54) is 11.1 Å². The number of allylic oxidation sites excluding steroid dienone is 2. The van der Waals surface area contributed by atoms with Gasteiger partial charge in [0, 0.05) is 24.2 Å². The number of nitrogens with zero attached hydrogens (tertiary/aromatic N) is 1. The van der Waals surface area contributed by atoms with Gasteiger partial charge in [-0.2, -0.15) is 0 Å². The first-order valence-corrected chi connectivity index (χ1v) is 6.25. The Kier molecular flexibility index (Phi) is 2.32. The molecule has 1 heterocycles. The van der Waals surface area contributed by atoms with Crippen molar-refractivity contribution in [2.45, 2.75) is 38.1 Å². The van der Waals surface area contributed by atoms with Crippen LogP contribution in [0.2, 0.25) is 0 Å². The van der Waals surface area contributed by atoms with E-state index in [4.69, 9.17) is 5.73 Å². The van der Waals surface area contributed by atoms with Crippen LogP contribution in [-0.2, 0) is 6.42 Å². The third-order valence-corrected chi connectivity index (χ3v) is 4.03. The first-order chi connectivity index (χ1) is 8.53. The molecule has 1 aromatic heterocycles. The molecule has 2 bridgehead atoms. The van der Waals surface area contributed by atoms with E-state index in [9.17, 15) is 4.79 Å². The van der Waals surface area contributed by atoms with Crippen molar-refractivity contribution >= 4 is 0 Å². The topological polar surface area (TPSA) is 71.8 Å². The highest BCUT2D eigenvalue weighted by atomic mass is 16.1. The number of fused-ring (bicyclic) bond motifs is 4. The minimum absolute atomic E-state index is 0.262. The van der Waals surface area contributed by atoms with Gasteiger partial charge in [0.25, 0.3) is 0 Å². The molecule has 3 N–H and O–H groups in total. The van der Waals surface area contributed by atoms with Gasteiger partial charge in [-0.15, -0.1) is 0 Å². The molecule has 0 aliphatic heterocycles. The standard InChI is InChI=1S/C14H17N3O/c1-3-11-9-4-8(2)5-14(11,15)6-12-10(9)7-16-13(18)17-12/h3,5,7,9H,4,6,15H2,1-2H3,(H,16,17,18)/b11-3+/t9-,14-/m1/s1. The Balaban J connectivity index is 2.26. The first-order valence-electron chi connectivity index (χ1n) is 6.25. The highest BCUT2D eigenvalue weighted by Gasteiger charge is 2.42. The molecule has 0 radical (unpaired) electrons. The fourth-order valence-electron chi connectivity index (χ4n) is 3.42. The summed E-state index contributed by atoms with van der Waals surface area (Å²) in [5.41, 5.74) is 10.4. The molecule has 94 valence electrons. The van der Waals surface area contributed by atoms with Crippen molar-refractivity contribution in [2.24, 2.45) is 5.73 Å². The Morgan fingerprint density at radius 3 is 3.11 bits per heavy atom. The molecule has 0 saturated heterocycles. The third kappa shape index (κ3) is 1.49. The summed E-state index contributed by atoms with van der Waals surface area (Å²) in [7, 11) is 0. The average Bonchev–Trinajstić information content (AvgIpc) is 2.26. The average molecular weight is 243 g/mol. The van der Waals surface area contributed by atoms with Crippen molar-refractivity contribution in [3.8, 4) is 0 Å². The lowest BCUT2D eigenvalue weighted by Gasteiger charge is -2.44. The quantitative estimate of drug-likeness (QED) is 0.677. The number of hydrogen-bond acceptors (Lipinski definition) is 3. The molecule has 18 heavy (non-hydrogen) atoms. The van der Waals surface area contributed by atoms with Crippen LogP contribution >= 0.6 is 0 Å². The van der Waals surface area contributed by atoms with E-state index < -0.39 is 5.54 Å². The second-order valence-electron chi connectivity index (χ2n) is 5.33. The van der Waals surface area contributed by atoms with Gasteiger partial charge < -0.3 is 10.7 Å². The first kappa shape index (κ1) is 11.4. The van der Waals surface area contributed by atoms with Gasteiger partial charge in [-0.1, -0.05) is 17.7 Å². The van der Waals surface area contributed by atoms with Crippen molar-refractivity contribution in [1.29, 1.82) is 0 Å². The Bertz CT molecular complexity index is 626. The van der Waals surface area contributed by atoms with E-state index in [0.717, 1.165) is 17.7 Å². The van der Waals surface area contributed by atoms with E-state index in [0.29, 0.717) is 6.42 Å². The maximum Gasteiger partial charge on any atom is 0.345 e. The van der Waals surface area contributed by atoms with Gasteiger partial charge in [0.2, 0.25) is 0 Å². The Hall–Kier alpha value is -1.68. The molecule has 0 saturated carbocycles. The summed E-state index contributed by atoms with van der Waals surface area (Å²) in [6.45, 7) is 4.15. The minimum atomic E-state index is -0.445. The van der Waals surface area contributed by atoms with Gasteiger partial charge in [0.15, 0.2) is 0 Å². The van der Waals surface area contributed by atoms with Crippen LogP contribution in [0.1, 0.15) is 37.4 Å². The molecule has 2 aliphatic rings. The van der Waals surface area contributed by atoms with Gasteiger partial charge in [-0.05, 0) is 31.4 Å². The second-order valence-corrected chi connectivity index (χ2v) is 5.33. The Labute approximate surface area is 106 Å². The molecular weight excluding hydrogens is 226 g/mol. The highest BCUT2D eigenvalue weighted by molar-refractivity contribution is 5.50. The molecular formula is C14H17N3O. The normalized spacial score (nSPS) is 32.1. The van der Waals surface area contributed by atoms with Crippen LogP contribution < -0.4 is 11.4 Å². The number of H-pyrrole nitrogens is 1. The lowest BCUT2D eigenvalue weighted by molar-refractivity contribution is 0.479. The predicted molar refractivity (Wildman–Crippen MR) is 70.4 cm³/mol. The number of hydrogen-bond donors (Lipinski definition) is 2. The van der Waals surface area contributed by atoms with Crippen LogP contribution in [0.15, 0.2) is 34.3 Å². The Morgan fingerprint density at radius 2 is 2.39 bits per heavy atom. The van der Waals surface area contributed by atoms with Crippen LogP contribution in [0, 0.1) is 0 Å². The summed E-state index contributed by atoms with van der Waals surface area (Å²) < 4.78 is 0. The fourth-order valence-corrected chi connectivity index (χ4v) is 3.42. The molecule has 4 heteroatoms. The largest absolute Gasteiger partial charge is 0.345 e.